The highest BCUT2D eigenvalue weighted by Gasteiger charge is 2.10. The second-order valence-corrected chi connectivity index (χ2v) is 7.40. The quantitative estimate of drug-likeness (QED) is 0.499. The van der Waals surface area contributed by atoms with Gasteiger partial charge in [-0.15, -0.1) is 0 Å². The van der Waals surface area contributed by atoms with Crippen molar-refractivity contribution in [1.82, 2.24) is 5.32 Å². The fraction of sp³-hybridized carbons (Fsp3) is 0.320. The summed E-state index contributed by atoms with van der Waals surface area (Å²) in [4.78, 5) is 12.1. The molecule has 0 unspecified atom stereocenters. The molecule has 158 valence electrons. The SMILES string of the molecule is COCc1ccc(-c2cc(CCCC(=O)NCCc3ccc(F)cc3)c(C)o2)cc1. The van der Waals surface area contributed by atoms with Crippen LogP contribution in [-0.2, 0) is 29.0 Å². The van der Waals surface area contributed by atoms with Crippen LogP contribution in [0, 0.1) is 12.7 Å². The van der Waals surface area contributed by atoms with Gasteiger partial charge < -0.3 is 14.5 Å². The van der Waals surface area contributed by atoms with Crippen LogP contribution in [0.3, 0.4) is 0 Å². The highest BCUT2D eigenvalue weighted by atomic mass is 19.1. The third-order valence-corrected chi connectivity index (χ3v) is 5.07. The van der Waals surface area contributed by atoms with Crippen LogP contribution < -0.4 is 5.32 Å². The van der Waals surface area contributed by atoms with Gasteiger partial charge in [-0.25, -0.2) is 4.39 Å². The van der Waals surface area contributed by atoms with Crippen LogP contribution in [0.15, 0.2) is 59.0 Å². The molecule has 1 amide bonds. The number of furan rings is 1. The first-order valence-electron chi connectivity index (χ1n) is 10.2. The number of ether oxygens (including phenoxy) is 1. The molecule has 0 bridgehead atoms. The van der Waals surface area contributed by atoms with Crippen LogP contribution in [-0.4, -0.2) is 19.6 Å². The number of hydrogen-bond acceptors (Lipinski definition) is 3. The average molecular weight is 410 g/mol. The second-order valence-electron chi connectivity index (χ2n) is 7.40. The van der Waals surface area contributed by atoms with E-state index in [9.17, 15) is 9.18 Å². The van der Waals surface area contributed by atoms with Gasteiger partial charge in [0.2, 0.25) is 5.91 Å². The molecule has 4 nitrogen and oxygen atoms in total. The number of carbonyl (C=O) groups excluding carboxylic acids is 1. The predicted molar refractivity (Wildman–Crippen MR) is 116 cm³/mol. The molecule has 3 rings (SSSR count). The monoisotopic (exact) mass is 409 g/mol. The normalized spacial score (nSPS) is 10.9. The summed E-state index contributed by atoms with van der Waals surface area (Å²) in [5.74, 6) is 1.52. The maximum Gasteiger partial charge on any atom is 0.220 e. The lowest BCUT2D eigenvalue weighted by molar-refractivity contribution is -0.121. The van der Waals surface area contributed by atoms with E-state index in [-0.39, 0.29) is 11.7 Å². The van der Waals surface area contributed by atoms with Gasteiger partial charge in [0.25, 0.3) is 0 Å². The highest BCUT2D eigenvalue weighted by molar-refractivity contribution is 5.75. The number of methoxy groups -OCH3 is 1. The van der Waals surface area contributed by atoms with E-state index in [4.69, 9.17) is 9.15 Å². The molecule has 0 saturated carbocycles. The molecule has 1 heterocycles. The Balaban J connectivity index is 1.43. The maximum atomic E-state index is 12.9. The lowest BCUT2D eigenvalue weighted by atomic mass is 10.1. The average Bonchev–Trinajstić information content (AvgIpc) is 3.11. The molecule has 0 aliphatic carbocycles. The molecular weight excluding hydrogens is 381 g/mol. The van der Waals surface area contributed by atoms with Gasteiger partial charge in [0.1, 0.15) is 17.3 Å². The van der Waals surface area contributed by atoms with Crippen molar-refractivity contribution in [2.24, 2.45) is 0 Å². The number of amides is 1. The van der Waals surface area contributed by atoms with Crippen LogP contribution in [0.25, 0.3) is 11.3 Å². The number of aryl methyl sites for hydroxylation is 2. The van der Waals surface area contributed by atoms with Gasteiger partial charge in [-0.3, -0.25) is 4.79 Å². The second kappa shape index (κ2) is 10.7. The van der Waals surface area contributed by atoms with Crippen LogP contribution >= 0.6 is 0 Å². The van der Waals surface area contributed by atoms with Crippen molar-refractivity contribution in [3.05, 3.63) is 82.9 Å². The lowest BCUT2D eigenvalue weighted by Gasteiger charge is -2.05. The Kier molecular flexibility index (Phi) is 7.80. The first-order valence-corrected chi connectivity index (χ1v) is 10.2. The van der Waals surface area contributed by atoms with Gasteiger partial charge in [-0.2, -0.15) is 0 Å². The topological polar surface area (TPSA) is 51.5 Å². The maximum absolute atomic E-state index is 12.9. The summed E-state index contributed by atoms with van der Waals surface area (Å²) in [6, 6.07) is 16.6. The van der Waals surface area contributed by atoms with Crippen LogP contribution in [0.5, 0.6) is 0 Å². The number of rotatable bonds is 10. The molecule has 3 aromatic rings. The Morgan fingerprint density at radius 3 is 2.43 bits per heavy atom. The standard InChI is InChI=1S/C25H28FNO3/c1-18-22(16-24(30-18)21-10-6-20(7-11-21)17-29-2)4-3-5-25(28)27-15-14-19-8-12-23(26)13-9-19/h6-13,16H,3-5,14-15,17H2,1-2H3,(H,27,28). The van der Waals surface area contributed by atoms with Gasteiger partial charge in [0.15, 0.2) is 0 Å². The third-order valence-electron chi connectivity index (χ3n) is 5.07. The molecule has 0 spiro atoms. The van der Waals surface area contributed by atoms with E-state index in [2.05, 4.69) is 11.4 Å². The van der Waals surface area contributed by atoms with E-state index in [1.807, 2.05) is 31.2 Å². The first-order chi connectivity index (χ1) is 14.5. The Morgan fingerprint density at radius 1 is 1.03 bits per heavy atom. The molecule has 1 aromatic heterocycles. The first kappa shape index (κ1) is 21.8. The molecule has 30 heavy (non-hydrogen) atoms. The summed E-state index contributed by atoms with van der Waals surface area (Å²) in [6.07, 6.45) is 2.71. The van der Waals surface area contributed by atoms with Crippen LogP contribution in [0.2, 0.25) is 0 Å². The Hall–Kier alpha value is -2.92. The van der Waals surface area contributed by atoms with Crippen molar-refractivity contribution in [3.63, 3.8) is 0 Å². The third kappa shape index (κ3) is 6.29. The zero-order valence-corrected chi connectivity index (χ0v) is 17.5. The summed E-state index contributed by atoms with van der Waals surface area (Å²) in [7, 11) is 1.68. The summed E-state index contributed by atoms with van der Waals surface area (Å²) in [6.45, 7) is 3.11. The van der Waals surface area contributed by atoms with E-state index in [1.165, 1.54) is 12.1 Å². The Bertz CT molecular complexity index is 946. The van der Waals surface area contributed by atoms with Crippen molar-refractivity contribution in [2.75, 3.05) is 13.7 Å². The minimum absolute atomic E-state index is 0.0345. The number of hydrogen-bond donors (Lipinski definition) is 1. The Morgan fingerprint density at radius 2 is 1.73 bits per heavy atom. The van der Waals surface area contributed by atoms with Gasteiger partial charge >= 0.3 is 0 Å². The highest BCUT2D eigenvalue weighted by Crippen LogP contribution is 2.26. The van der Waals surface area contributed by atoms with Gasteiger partial charge in [0.05, 0.1) is 6.61 Å². The molecule has 1 N–H and O–H groups in total. The number of halogens is 1. The Labute approximate surface area is 177 Å². The summed E-state index contributed by atoms with van der Waals surface area (Å²) in [5.41, 5.74) is 4.29. The summed E-state index contributed by atoms with van der Waals surface area (Å²) in [5, 5.41) is 2.93. The van der Waals surface area contributed by atoms with Crippen molar-refractivity contribution < 1.29 is 18.3 Å². The molecule has 0 radical (unpaired) electrons. The van der Waals surface area contributed by atoms with E-state index in [0.29, 0.717) is 26.0 Å². The zero-order chi connectivity index (χ0) is 21.3. The number of carbonyl (C=O) groups is 1. The molecule has 2 aromatic carbocycles. The van der Waals surface area contributed by atoms with Crippen LogP contribution in [0.4, 0.5) is 4.39 Å². The van der Waals surface area contributed by atoms with Gasteiger partial charge in [-0.1, -0.05) is 36.4 Å². The number of benzene rings is 2. The fourth-order valence-corrected chi connectivity index (χ4v) is 3.37. The van der Waals surface area contributed by atoms with E-state index < -0.39 is 0 Å². The predicted octanol–water partition coefficient (Wildman–Crippen LogP) is 5.22. The van der Waals surface area contributed by atoms with Gasteiger partial charge in [-0.05, 0) is 61.1 Å². The van der Waals surface area contributed by atoms with Crippen molar-refractivity contribution in [3.8, 4) is 11.3 Å². The smallest absolute Gasteiger partial charge is 0.220 e. The molecule has 0 saturated heterocycles. The molecule has 5 heteroatoms. The van der Waals surface area contributed by atoms with Crippen molar-refractivity contribution >= 4 is 5.91 Å². The number of nitrogens with one attached hydrogen (secondary N) is 1. The molecule has 0 atom stereocenters. The summed E-state index contributed by atoms with van der Waals surface area (Å²) >= 11 is 0. The zero-order valence-electron chi connectivity index (χ0n) is 17.5. The minimum atomic E-state index is -0.247. The van der Waals surface area contributed by atoms with E-state index in [0.717, 1.165) is 46.6 Å². The van der Waals surface area contributed by atoms with Crippen molar-refractivity contribution in [2.45, 2.75) is 39.2 Å². The lowest BCUT2D eigenvalue weighted by Crippen LogP contribution is -2.25. The molecule has 0 aliphatic rings. The van der Waals surface area contributed by atoms with Crippen LogP contribution in [0.1, 0.15) is 35.3 Å². The largest absolute Gasteiger partial charge is 0.461 e. The van der Waals surface area contributed by atoms with Crippen molar-refractivity contribution in [1.29, 1.82) is 0 Å². The summed E-state index contributed by atoms with van der Waals surface area (Å²) < 4.78 is 24.0. The fourth-order valence-electron chi connectivity index (χ4n) is 3.37. The molecule has 0 aliphatic heterocycles. The minimum Gasteiger partial charge on any atom is -0.461 e. The molecular formula is C25H28FNO3. The van der Waals surface area contributed by atoms with E-state index in [1.54, 1.807) is 19.2 Å². The van der Waals surface area contributed by atoms with Gasteiger partial charge in [0, 0.05) is 25.6 Å². The van der Waals surface area contributed by atoms with E-state index >= 15 is 0 Å². The molecule has 0 fully saturated rings.